The summed E-state index contributed by atoms with van der Waals surface area (Å²) in [6.45, 7) is 9.15. The minimum absolute atomic E-state index is 0.635. The number of aromatic nitrogens is 1. The van der Waals surface area contributed by atoms with Crippen LogP contribution in [-0.2, 0) is 6.42 Å². The average molecular weight is 262 g/mol. The third-order valence-electron chi connectivity index (χ3n) is 3.83. The van der Waals surface area contributed by atoms with Gasteiger partial charge in [-0.2, -0.15) is 0 Å². The van der Waals surface area contributed by atoms with Gasteiger partial charge in [0.15, 0.2) is 0 Å². The van der Waals surface area contributed by atoms with Crippen LogP contribution in [0.15, 0.2) is 24.4 Å². The number of hydrogen-bond donors (Lipinski definition) is 1. The van der Waals surface area contributed by atoms with Crippen molar-refractivity contribution in [3.63, 3.8) is 0 Å². The third-order valence-corrected chi connectivity index (χ3v) is 3.83. The molecule has 0 saturated carbocycles. The van der Waals surface area contributed by atoms with Crippen molar-refractivity contribution in [3.05, 3.63) is 30.1 Å². The molecule has 0 radical (unpaired) electrons. The summed E-state index contributed by atoms with van der Waals surface area (Å²) >= 11 is 0. The van der Waals surface area contributed by atoms with Gasteiger partial charge in [-0.1, -0.05) is 6.07 Å². The molecule has 1 saturated heterocycles. The fourth-order valence-electron chi connectivity index (χ4n) is 2.63. The number of pyridine rings is 1. The maximum absolute atomic E-state index is 4.37. The molecule has 106 valence electrons. The predicted molar refractivity (Wildman–Crippen MR) is 79.3 cm³/mol. The number of rotatable bonds is 6. The van der Waals surface area contributed by atoms with Gasteiger partial charge in [-0.15, -0.1) is 0 Å². The van der Waals surface area contributed by atoms with Crippen LogP contribution >= 0.6 is 0 Å². The van der Waals surface area contributed by atoms with Gasteiger partial charge >= 0.3 is 0 Å². The Morgan fingerprint density at radius 3 is 2.84 bits per heavy atom. The Kier molecular flexibility index (Phi) is 5.76. The van der Waals surface area contributed by atoms with Crippen molar-refractivity contribution in [2.45, 2.75) is 19.4 Å². The smallest absolute Gasteiger partial charge is 0.0416 e. The van der Waals surface area contributed by atoms with E-state index in [-0.39, 0.29) is 0 Å². The molecular formula is C15H26N4. The van der Waals surface area contributed by atoms with E-state index in [0.717, 1.165) is 32.6 Å². The molecule has 1 atom stereocenters. The second-order valence-corrected chi connectivity index (χ2v) is 5.47. The first-order valence-electron chi connectivity index (χ1n) is 7.29. The van der Waals surface area contributed by atoms with Crippen molar-refractivity contribution in [2.75, 3.05) is 46.3 Å². The molecule has 0 aliphatic carbocycles. The van der Waals surface area contributed by atoms with Crippen molar-refractivity contribution in [1.29, 1.82) is 0 Å². The van der Waals surface area contributed by atoms with E-state index in [2.05, 4.69) is 46.2 Å². The molecule has 1 aliphatic rings. The van der Waals surface area contributed by atoms with Gasteiger partial charge in [-0.3, -0.25) is 9.88 Å². The van der Waals surface area contributed by atoms with Crippen LogP contribution in [0.3, 0.4) is 0 Å². The predicted octanol–water partition coefficient (Wildman–Crippen LogP) is 0.850. The van der Waals surface area contributed by atoms with Crippen LogP contribution in [0.2, 0.25) is 0 Å². The highest BCUT2D eigenvalue weighted by atomic mass is 15.2. The Morgan fingerprint density at radius 1 is 1.37 bits per heavy atom. The van der Waals surface area contributed by atoms with Gasteiger partial charge in [-0.05, 0) is 26.1 Å². The van der Waals surface area contributed by atoms with Crippen molar-refractivity contribution in [3.8, 4) is 0 Å². The van der Waals surface area contributed by atoms with Gasteiger partial charge in [0.1, 0.15) is 0 Å². The molecule has 4 nitrogen and oxygen atoms in total. The SMILES string of the molecule is CC(CN(C)CCc1ccccn1)N1CCNCC1. The minimum Gasteiger partial charge on any atom is -0.314 e. The molecule has 1 fully saturated rings. The zero-order valence-corrected chi connectivity index (χ0v) is 12.2. The molecule has 0 bridgehead atoms. The van der Waals surface area contributed by atoms with Crippen LogP contribution in [0, 0.1) is 0 Å². The van der Waals surface area contributed by atoms with Crippen molar-refractivity contribution in [1.82, 2.24) is 20.1 Å². The summed E-state index contributed by atoms with van der Waals surface area (Å²) in [6.07, 6.45) is 2.91. The Labute approximate surface area is 116 Å². The Balaban J connectivity index is 1.70. The minimum atomic E-state index is 0.635. The molecule has 0 spiro atoms. The number of hydrogen-bond acceptors (Lipinski definition) is 4. The largest absolute Gasteiger partial charge is 0.314 e. The molecule has 4 heteroatoms. The Hall–Kier alpha value is -0.970. The molecular weight excluding hydrogens is 236 g/mol. The van der Waals surface area contributed by atoms with Crippen LogP contribution in [0.25, 0.3) is 0 Å². The average Bonchev–Trinajstić information content (AvgIpc) is 2.47. The van der Waals surface area contributed by atoms with Gasteiger partial charge in [0.2, 0.25) is 0 Å². The summed E-state index contributed by atoms with van der Waals surface area (Å²) in [5.74, 6) is 0. The lowest BCUT2D eigenvalue weighted by atomic mass is 10.2. The fourth-order valence-corrected chi connectivity index (χ4v) is 2.63. The molecule has 0 aromatic carbocycles. The first kappa shape index (κ1) is 14.4. The first-order valence-corrected chi connectivity index (χ1v) is 7.29. The zero-order chi connectivity index (χ0) is 13.5. The Morgan fingerprint density at radius 2 is 2.16 bits per heavy atom. The Bertz CT molecular complexity index is 348. The second kappa shape index (κ2) is 7.58. The maximum Gasteiger partial charge on any atom is 0.0416 e. The number of likely N-dealkylation sites (N-methyl/N-ethyl adjacent to an activating group) is 1. The molecule has 1 aromatic rings. The van der Waals surface area contributed by atoms with Crippen molar-refractivity contribution in [2.24, 2.45) is 0 Å². The number of nitrogens with one attached hydrogen (secondary N) is 1. The molecule has 1 N–H and O–H groups in total. The van der Waals surface area contributed by atoms with E-state index in [9.17, 15) is 0 Å². The van der Waals surface area contributed by atoms with Crippen LogP contribution in [0.1, 0.15) is 12.6 Å². The van der Waals surface area contributed by atoms with E-state index in [4.69, 9.17) is 0 Å². The highest BCUT2D eigenvalue weighted by Crippen LogP contribution is 2.04. The van der Waals surface area contributed by atoms with E-state index in [1.165, 1.54) is 18.8 Å². The lowest BCUT2D eigenvalue weighted by Gasteiger charge is -2.34. The zero-order valence-electron chi connectivity index (χ0n) is 12.2. The van der Waals surface area contributed by atoms with Gasteiger partial charge in [-0.25, -0.2) is 0 Å². The molecule has 1 aromatic heterocycles. The van der Waals surface area contributed by atoms with Gasteiger partial charge in [0, 0.05) is 63.6 Å². The van der Waals surface area contributed by atoms with Crippen molar-refractivity contribution >= 4 is 0 Å². The highest BCUT2D eigenvalue weighted by molar-refractivity contribution is 5.03. The molecule has 2 heterocycles. The van der Waals surface area contributed by atoms with E-state index in [0.29, 0.717) is 6.04 Å². The van der Waals surface area contributed by atoms with E-state index < -0.39 is 0 Å². The molecule has 1 unspecified atom stereocenters. The summed E-state index contributed by atoms with van der Waals surface area (Å²) in [5.41, 5.74) is 1.18. The molecule has 2 rings (SSSR count). The number of nitrogens with zero attached hydrogens (tertiary/aromatic N) is 3. The summed E-state index contributed by atoms with van der Waals surface area (Å²) in [4.78, 5) is 9.37. The third kappa shape index (κ3) is 4.90. The van der Waals surface area contributed by atoms with Crippen molar-refractivity contribution < 1.29 is 0 Å². The van der Waals surface area contributed by atoms with E-state index >= 15 is 0 Å². The lowest BCUT2D eigenvalue weighted by molar-refractivity contribution is 0.147. The second-order valence-electron chi connectivity index (χ2n) is 5.47. The number of piperazine rings is 1. The topological polar surface area (TPSA) is 31.4 Å². The lowest BCUT2D eigenvalue weighted by Crippen LogP contribution is -2.50. The van der Waals surface area contributed by atoms with Crippen LogP contribution in [0.4, 0.5) is 0 Å². The molecule has 1 aliphatic heterocycles. The summed E-state index contributed by atoms with van der Waals surface area (Å²) < 4.78 is 0. The molecule has 0 amide bonds. The fraction of sp³-hybridized carbons (Fsp3) is 0.667. The van der Waals surface area contributed by atoms with Gasteiger partial charge < -0.3 is 10.2 Å². The highest BCUT2D eigenvalue weighted by Gasteiger charge is 2.17. The summed E-state index contributed by atoms with van der Waals surface area (Å²) in [6, 6.07) is 6.77. The maximum atomic E-state index is 4.37. The molecule has 19 heavy (non-hydrogen) atoms. The van der Waals surface area contributed by atoms with Gasteiger partial charge in [0.25, 0.3) is 0 Å². The quantitative estimate of drug-likeness (QED) is 0.823. The summed E-state index contributed by atoms with van der Waals surface area (Å²) in [7, 11) is 2.21. The normalized spacial score (nSPS) is 18.7. The van der Waals surface area contributed by atoms with Gasteiger partial charge in [0.05, 0.1) is 0 Å². The van der Waals surface area contributed by atoms with Crippen LogP contribution < -0.4 is 5.32 Å². The van der Waals surface area contributed by atoms with E-state index in [1.807, 2.05) is 12.3 Å². The standard InChI is InChI=1S/C15H26N4/c1-14(19-11-8-16-9-12-19)13-18(2)10-6-15-5-3-4-7-17-15/h3-5,7,14,16H,6,8-13H2,1-2H3. The first-order chi connectivity index (χ1) is 9.25. The monoisotopic (exact) mass is 262 g/mol. The van der Waals surface area contributed by atoms with E-state index in [1.54, 1.807) is 0 Å². The summed E-state index contributed by atoms with van der Waals surface area (Å²) in [5, 5.41) is 3.41. The van der Waals surface area contributed by atoms with Crippen LogP contribution in [-0.4, -0.2) is 67.1 Å². The van der Waals surface area contributed by atoms with Crippen LogP contribution in [0.5, 0.6) is 0 Å².